The van der Waals surface area contributed by atoms with Gasteiger partial charge in [-0.1, -0.05) is 90.6 Å². The third kappa shape index (κ3) is 6.09. The highest BCUT2D eigenvalue weighted by molar-refractivity contribution is 5.92. The smallest absolute Gasteiger partial charge is 0.134 e. The average molecular weight is 629 g/mol. The van der Waals surface area contributed by atoms with Gasteiger partial charge < -0.3 is 14.6 Å². The summed E-state index contributed by atoms with van der Waals surface area (Å²) >= 11 is 0. The maximum Gasteiger partial charge on any atom is 0.134 e. The van der Waals surface area contributed by atoms with Gasteiger partial charge in [-0.15, -0.1) is 0 Å². The van der Waals surface area contributed by atoms with Crippen LogP contribution in [0.4, 0.5) is 17.1 Å². The van der Waals surface area contributed by atoms with E-state index in [0.717, 1.165) is 57.9 Å². The molecule has 1 unspecified atom stereocenters. The summed E-state index contributed by atoms with van der Waals surface area (Å²) in [6, 6.07) is 30.8. The lowest BCUT2D eigenvalue weighted by Gasteiger charge is -2.29. The number of anilines is 3. The monoisotopic (exact) mass is 628 g/mol. The van der Waals surface area contributed by atoms with Gasteiger partial charge in [0.15, 0.2) is 0 Å². The van der Waals surface area contributed by atoms with Gasteiger partial charge in [0.2, 0.25) is 0 Å². The van der Waals surface area contributed by atoms with E-state index in [4.69, 9.17) is 4.42 Å². The summed E-state index contributed by atoms with van der Waals surface area (Å²) in [6.07, 6.45) is 19.0. The minimum absolute atomic E-state index is 0.310. The quantitative estimate of drug-likeness (QED) is 0.206. The number of fused-ring (bicyclic) bond motifs is 2. The molecule has 1 aliphatic heterocycles. The van der Waals surface area contributed by atoms with Crippen molar-refractivity contribution in [3.8, 4) is 0 Å². The molecule has 3 aliphatic rings. The van der Waals surface area contributed by atoms with Gasteiger partial charge in [-0.25, -0.2) is 0 Å². The summed E-state index contributed by atoms with van der Waals surface area (Å²) in [6.45, 7) is 10.6. The summed E-state index contributed by atoms with van der Waals surface area (Å²) in [7, 11) is 0. The Morgan fingerprint density at radius 3 is 2.48 bits per heavy atom. The Balaban J connectivity index is 1.39. The van der Waals surface area contributed by atoms with Crippen LogP contribution in [0.2, 0.25) is 0 Å². The molecule has 0 saturated carbocycles. The second-order valence-electron chi connectivity index (χ2n) is 13.1. The Bertz CT molecular complexity index is 2130. The van der Waals surface area contributed by atoms with Gasteiger partial charge in [0.1, 0.15) is 11.3 Å². The molecular weight excluding hydrogens is 585 g/mol. The van der Waals surface area contributed by atoms with Gasteiger partial charge in [0.05, 0.1) is 6.04 Å². The zero-order valence-electron chi connectivity index (χ0n) is 28.7. The number of hydrogen-bond acceptors (Lipinski definition) is 3. The number of hydrogen-bond donors (Lipinski definition) is 1. The first-order valence-corrected chi connectivity index (χ1v) is 17.1. The highest BCUT2D eigenvalue weighted by Gasteiger charge is 2.28. The van der Waals surface area contributed by atoms with Crippen LogP contribution in [0.25, 0.3) is 22.2 Å². The van der Waals surface area contributed by atoms with E-state index < -0.39 is 0 Å². The van der Waals surface area contributed by atoms with E-state index in [-0.39, 0.29) is 0 Å². The van der Waals surface area contributed by atoms with Crippen LogP contribution < -0.4 is 10.2 Å². The molecule has 1 N–H and O–H groups in total. The molecule has 1 aromatic heterocycles. The van der Waals surface area contributed by atoms with E-state index in [9.17, 15) is 0 Å². The van der Waals surface area contributed by atoms with Gasteiger partial charge in [0, 0.05) is 39.8 Å². The normalized spacial score (nSPS) is 17.1. The molecule has 7 rings (SSSR count). The fourth-order valence-corrected chi connectivity index (χ4v) is 7.04. The number of dihydropyridines is 1. The van der Waals surface area contributed by atoms with Crippen molar-refractivity contribution < 1.29 is 4.42 Å². The van der Waals surface area contributed by atoms with Crippen LogP contribution in [0.3, 0.4) is 0 Å². The van der Waals surface area contributed by atoms with E-state index in [1.165, 1.54) is 45.4 Å². The second kappa shape index (κ2) is 13.4. The van der Waals surface area contributed by atoms with Crippen molar-refractivity contribution in [1.82, 2.24) is 5.32 Å². The van der Waals surface area contributed by atoms with Crippen molar-refractivity contribution >= 4 is 39.3 Å². The summed E-state index contributed by atoms with van der Waals surface area (Å²) < 4.78 is 6.68. The molecule has 3 aromatic carbocycles. The molecule has 4 aromatic rings. The van der Waals surface area contributed by atoms with Gasteiger partial charge in [-0.2, -0.15) is 0 Å². The summed E-state index contributed by atoms with van der Waals surface area (Å²) in [5.74, 6) is 0.825. The van der Waals surface area contributed by atoms with E-state index in [0.29, 0.717) is 6.04 Å². The maximum absolute atomic E-state index is 6.68. The Morgan fingerprint density at radius 2 is 1.71 bits per heavy atom. The van der Waals surface area contributed by atoms with Crippen LogP contribution in [0.15, 0.2) is 149 Å². The number of rotatable bonds is 7. The van der Waals surface area contributed by atoms with Crippen molar-refractivity contribution in [1.29, 1.82) is 0 Å². The van der Waals surface area contributed by atoms with Crippen LogP contribution >= 0.6 is 0 Å². The molecule has 2 heterocycles. The van der Waals surface area contributed by atoms with Crippen LogP contribution in [0.1, 0.15) is 61.1 Å². The van der Waals surface area contributed by atoms with Crippen LogP contribution in [0.5, 0.6) is 0 Å². The van der Waals surface area contributed by atoms with Crippen LogP contribution in [0, 0.1) is 20.8 Å². The van der Waals surface area contributed by atoms with Crippen LogP contribution in [-0.4, -0.2) is 6.04 Å². The van der Waals surface area contributed by atoms with Crippen molar-refractivity contribution in [2.75, 3.05) is 4.90 Å². The zero-order valence-corrected chi connectivity index (χ0v) is 28.7. The van der Waals surface area contributed by atoms with Crippen molar-refractivity contribution in [2.24, 2.45) is 0 Å². The number of allylic oxidation sites excluding steroid dienone is 8. The Labute approximate surface area is 285 Å². The first kappa shape index (κ1) is 31.3. The Hall–Kier alpha value is -5.28. The highest BCUT2D eigenvalue weighted by Crippen LogP contribution is 2.41. The Kier molecular flexibility index (Phi) is 8.78. The largest absolute Gasteiger partial charge is 0.461 e. The fraction of sp³-hybridized carbons (Fsp3) is 0.200. The lowest BCUT2D eigenvalue weighted by Crippen LogP contribution is -2.31. The van der Waals surface area contributed by atoms with E-state index >= 15 is 0 Å². The molecule has 0 spiro atoms. The Morgan fingerprint density at radius 1 is 0.917 bits per heavy atom. The zero-order chi connectivity index (χ0) is 33.2. The molecular formula is C45H44N2O. The lowest BCUT2D eigenvalue weighted by atomic mass is 9.84. The summed E-state index contributed by atoms with van der Waals surface area (Å²) in [5, 5.41) is 4.93. The number of nitrogens with one attached hydrogen (secondary N) is 1. The summed E-state index contributed by atoms with van der Waals surface area (Å²) in [4.78, 5) is 2.35. The van der Waals surface area contributed by atoms with Gasteiger partial charge >= 0.3 is 0 Å². The second-order valence-corrected chi connectivity index (χ2v) is 13.1. The SMILES string of the molecule is C/C=C\C=C(/C)c1cccc(N(c2ccc(C)cc2)c2cccc3c(C4=CC(C5=CCC5)=C5C=CCC5N4)cccc3oc(C)c2)c1C. The van der Waals surface area contributed by atoms with Crippen LogP contribution in [-0.2, 0) is 0 Å². The molecule has 48 heavy (non-hydrogen) atoms. The third-order valence-electron chi connectivity index (χ3n) is 9.69. The van der Waals surface area contributed by atoms with E-state index in [2.05, 4.69) is 165 Å². The summed E-state index contributed by atoms with van der Waals surface area (Å²) in [5.41, 5.74) is 15.6. The molecule has 0 bridgehead atoms. The van der Waals surface area contributed by atoms with E-state index in [1.807, 2.05) is 6.92 Å². The number of aryl methyl sites for hydroxylation is 2. The van der Waals surface area contributed by atoms with Gasteiger partial charge in [0.25, 0.3) is 0 Å². The number of benzene rings is 3. The molecule has 0 amide bonds. The first-order chi connectivity index (χ1) is 23.4. The lowest BCUT2D eigenvalue weighted by molar-refractivity contribution is 0.569. The standard InChI is InChI=1S/C45H44N2O/c1-6-7-13-31(3)37-17-11-22-44(33(37)5)47(35-26-24-30(2)25-27-35)36-16-9-20-40-38(19-12-23-45(40)48-32(4)28-36)43-29-41(34-14-8-15-34)39-18-10-21-42(39)46-43/h6-7,9-14,16-20,22-29,42,46H,8,15,21H2,1-5H3/b7-6-,20-9?,31-13+,32-28?,36-16?. The molecule has 3 nitrogen and oxygen atoms in total. The molecule has 240 valence electrons. The predicted molar refractivity (Wildman–Crippen MR) is 204 cm³/mol. The van der Waals surface area contributed by atoms with Crippen molar-refractivity contribution in [2.45, 2.75) is 59.9 Å². The highest BCUT2D eigenvalue weighted by atomic mass is 16.3. The molecule has 2 aliphatic carbocycles. The molecule has 3 heteroatoms. The molecule has 0 saturated heterocycles. The average Bonchev–Trinajstić information content (AvgIpc) is 3.56. The fourth-order valence-electron chi connectivity index (χ4n) is 7.04. The topological polar surface area (TPSA) is 28.4 Å². The van der Waals surface area contributed by atoms with E-state index in [1.54, 1.807) is 0 Å². The van der Waals surface area contributed by atoms with Crippen molar-refractivity contribution in [3.63, 3.8) is 0 Å². The molecule has 0 radical (unpaired) electrons. The van der Waals surface area contributed by atoms with Gasteiger partial charge in [-0.3, -0.25) is 0 Å². The van der Waals surface area contributed by atoms with Gasteiger partial charge in [-0.05, 0) is 124 Å². The first-order valence-electron chi connectivity index (χ1n) is 17.1. The van der Waals surface area contributed by atoms with Crippen molar-refractivity contribution in [3.05, 3.63) is 172 Å². The number of nitrogens with zero attached hydrogens (tertiary/aromatic N) is 1. The minimum atomic E-state index is 0.310. The molecule has 0 fully saturated rings. The maximum atomic E-state index is 6.68. The molecule has 1 atom stereocenters. The third-order valence-corrected chi connectivity index (χ3v) is 9.69. The minimum Gasteiger partial charge on any atom is -0.461 e. The predicted octanol–water partition coefficient (Wildman–Crippen LogP) is 12.2.